The van der Waals surface area contributed by atoms with Gasteiger partial charge in [0, 0.05) is 6.04 Å². The maximum Gasteiger partial charge on any atom is 0.234 e. The Hall–Kier alpha value is -0.660. The van der Waals surface area contributed by atoms with Gasteiger partial charge in [-0.2, -0.15) is 0 Å². The van der Waals surface area contributed by atoms with Crippen molar-refractivity contribution in [3.05, 3.63) is 0 Å². The van der Waals surface area contributed by atoms with Gasteiger partial charge in [0.25, 0.3) is 0 Å². The van der Waals surface area contributed by atoms with Crippen molar-refractivity contribution in [2.45, 2.75) is 32.7 Å². The van der Waals surface area contributed by atoms with Crippen LogP contribution in [-0.4, -0.2) is 36.7 Å². The molecule has 0 saturated carbocycles. The SMILES string of the molecule is CC(C)N1CCC(CN=C=O)CC1. The summed E-state index contributed by atoms with van der Waals surface area (Å²) in [6, 6.07) is 0.649. The number of piperidine rings is 1. The Morgan fingerprint density at radius 2 is 2.08 bits per heavy atom. The quantitative estimate of drug-likeness (QED) is 0.489. The molecule has 0 N–H and O–H groups in total. The van der Waals surface area contributed by atoms with Crippen LogP contribution in [0, 0.1) is 5.92 Å². The molecule has 0 aromatic carbocycles. The summed E-state index contributed by atoms with van der Waals surface area (Å²) in [7, 11) is 0. The highest BCUT2D eigenvalue weighted by molar-refractivity contribution is 5.32. The first-order chi connectivity index (χ1) is 6.24. The standard InChI is InChI=1S/C10H18N2O/c1-9(2)12-5-3-10(4-6-12)7-11-8-13/h9-10H,3-7H2,1-2H3. The van der Waals surface area contributed by atoms with Crippen LogP contribution in [0.4, 0.5) is 0 Å². The highest BCUT2D eigenvalue weighted by Crippen LogP contribution is 2.18. The number of hydrogen-bond acceptors (Lipinski definition) is 3. The van der Waals surface area contributed by atoms with E-state index in [1.807, 2.05) is 0 Å². The van der Waals surface area contributed by atoms with E-state index in [4.69, 9.17) is 0 Å². The molecular formula is C10H18N2O. The number of hydrogen-bond donors (Lipinski definition) is 0. The zero-order chi connectivity index (χ0) is 9.68. The first kappa shape index (κ1) is 10.4. The van der Waals surface area contributed by atoms with Crippen molar-refractivity contribution >= 4 is 6.08 Å². The van der Waals surface area contributed by atoms with E-state index < -0.39 is 0 Å². The fraction of sp³-hybridized carbons (Fsp3) is 0.900. The fourth-order valence-electron chi connectivity index (χ4n) is 1.82. The van der Waals surface area contributed by atoms with Crippen LogP contribution < -0.4 is 0 Å². The second-order valence-electron chi connectivity index (χ2n) is 4.01. The molecule has 0 aromatic rings. The van der Waals surface area contributed by atoms with Crippen LogP contribution in [0.15, 0.2) is 4.99 Å². The third-order valence-corrected chi connectivity index (χ3v) is 2.79. The van der Waals surface area contributed by atoms with E-state index in [0.717, 1.165) is 13.1 Å². The maximum absolute atomic E-state index is 9.92. The molecule has 74 valence electrons. The highest BCUT2D eigenvalue weighted by Gasteiger charge is 2.20. The van der Waals surface area contributed by atoms with Gasteiger partial charge in [-0.05, 0) is 45.7 Å². The molecule has 0 unspecified atom stereocenters. The van der Waals surface area contributed by atoms with Gasteiger partial charge in [0.2, 0.25) is 6.08 Å². The molecule has 0 atom stereocenters. The molecule has 0 radical (unpaired) electrons. The molecule has 0 amide bonds. The van der Waals surface area contributed by atoms with E-state index in [1.165, 1.54) is 12.8 Å². The zero-order valence-corrected chi connectivity index (χ0v) is 8.49. The van der Waals surface area contributed by atoms with Gasteiger partial charge in [-0.15, -0.1) is 0 Å². The zero-order valence-electron chi connectivity index (χ0n) is 8.49. The van der Waals surface area contributed by atoms with Gasteiger partial charge in [-0.1, -0.05) is 0 Å². The minimum atomic E-state index is 0.608. The molecule has 0 aromatic heterocycles. The van der Waals surface area contributed by atoms with Gasteiger partial charge in [0.15, 0.2) is 0 Å². The maximum atomic E-state index is 9.92. The molecule has 3 heteroatoms. The highest BCUT2D eigenvalue weighted by atomic mass is 16.1. The van der Waals surface area contributed by atoms with Crippen molar-refractivity contribution in [1.29, 1.82) is 0 Å². The van der Waals surface area contributed by atoms with Crippen LogP contribution in [-0.2, 0) is 4.79 Å². The first-order valence-corrected chi connectivity index (χ1v) is 5.01. The summed E-state index contributed by atoms with van der Waals surface area (Å²) in [5, 5.41) is 0. The van der Waals surface area contributed by atoms with Crippen molar-refractivity contribution in [1.82, 2.24) is 4.90 Å². The largest absolute Gasteiger partial charge is 0.301 e. The van der Waals surface area contributed by atoms with Crippen LogP contribution >= 0.6 is 0 Å². The van der Waals surface area contributed by atoms with E-state index in [1.54, 1.807) is 6.08 Å². The molecule has 1 aliphatic heterocycles. The summed E-state index contributed by atoms with van der Waals surface area (Å²) < 4.78 is 0. The topological polar surface area (TPSA) is 32.7 Å². The summed E-state index contributed by atoms with van der Waals surface area (Å²) in [5.74, 6) is 0.608. The molecular weight excluding hydrogens is 164 g/mol. The van der Waals surface area contributed by atoms with Gasteiger partial charge in [-0.25, -0.2) is 9.79 Å². The Bertz CT molecular complexity index is 189. The predicted molar refractivity (Wildman–Crippen MR) is 52.4 cm³/mol. The van der Waals surface area contributed by atoms with E-state index in [-0.39, 0.29) is 0 Å². The molecule has 1 rings (SSSR count). The monoisotopic (exact) mass is 182 g/mol. The summed E-state index contributed by atoms with van der Waals surface area (Å²) in [5.41, 5.74) is 0. The number of carbonyl (C=O) groups excluding carboxylic acids is 1. The minimum absolute atomic E-state index is 0.608. The third kappa shape index (κ3) is 3.29. The average molecular weight is 182 g/mol. The van der Waals surface area contributed by atoms with E-state index >= 15 is 0 Å². The summed E-state index contributed by atoms with van der Waals surface area (Å²) >= 11 is 0. The summed E-state index contributed by atoms with van der Waals surface area (Å²) in [6.45, 7) is 7.43. The van der Waals surface area contributed by atoms with Crippen LogP contribution in [0.5, 0.6) is 0 Å². The Morgan fingerprint density at radius 1 is 1.46 bits per heavy atom. The molecule has 1 heterocycles. The van der Waals surface area contributed by atoms with Crippen LogP contribution in [0.25, 0.3) is 0 Å². The summed E-state index contributed by atoms with van der Waals surface area (Å²) in [4.78, 5) is 16.0. The lowest BCUT2D eigenvalue weighted by Crippen LogP contribution is -2.39. The van der Waals surface area contributed by atoms with Gasteiger partial charge >= 0.3 is 0 Å². The molecule has 0 bridgehead atoms. The molecule has 0 aliphatic carbocycles. The minimum Gasteiger partial charge on any atom is -0.301 e. The lowest BCUT2D eigenvalue weighted by molar-refractivity contribution is 0.152. The van der Waals surface area contributed by atoms with E-state index in [0.29, 0.717) is 18.5 Å². The Balaban J connectivity index is 2.26. The molecule has 13 heavy (non-hydrogen) atoms. The van der Waals surface area contributed by atoms with Crippen molar-refractivity contribution < 1.29 is 4.79 Å². The van der Waals surface area contributed by atoms with Crippen molar-refractivity contribution in [2.75, 3.05) is 19.6 Å². The van der Waals surface area contributed by atoms with Gasteiger partial charge in [0.1, 0.15) is 0 Å². The Kier molecular flexibility index (Phi) is 4.13. The van der Waals surface area contributed by atoms with Gasteiger partial charge in [0.05, 0.1) is 6.54 Å². The van der Waals surface area contributed by atoms with Crippen molar-refractivity contribution in [2.24, 2.45) is 10.9 Å². The van der Waals surface area contributed by atoms with Crippen molar-refractivity contribution in [3.63, 3.8) is 0 Å². The molecule has 0 spiro atoms. The van der Waals surface area contributed by atoms with Crippen LogP contribution in [0.2, 0.25) is 0 Å². The van der Waals surface area contributed by atoms with Gasteiger partial charge in [-0.3, -0.25) is 0 Å². The first-order valence-electron chi connectivity index (χ1n) is 5.01. The number of nitrogens with zero attached hydrogens (tertiary/aromatic N) is 2. The van der Waals surface area contributed by atoms with Crippen LogP contribution in [0.1, 0.15) is 26.7 Å². The molecule has 1 fully saturated rings. The van der Waals surface area contributed by atoms with Gasteiger partial charge < -0.3 is 4.90 Å². The second-order valence-corrected chi connectivity index (χ2v) is 4.01. The second kappa shape index (κ2) is 5.15. The lowest BCUT2D eigenvalue weighted by atomic mass is 9.96. The number of rotatable bonds is 3. The Labute approximate surface area is 79.8 Å². The molecule has 3 nitrogen and oxygen atoms in total. The fourth-order valence-corrected chi connectivity index (χ4v) is 1.82. The van der Waals surface area contributed by atoms with Crippen molar-refractivity contribution in [3.8, 4) is 0 Å². The smallest absolute Gasteiger partial charge is 0.234 e. The molecule has 1 saturated heterocycles. The Morgan fingerprint density at radius 3 is 2.54 bits per heavy atom. The third-order valence-electron chi connectivity index (χ3n) is 2.79. The number of aliphatic imine (C=N–C) groups is 1. The normalized spacial score (nSPS) is 20.2. The van der Waals surface area contributed by atoms with E-state index in [9.17, 15) is 4.79 Å². The number of likely N-dealkylation sites (tertiary alicyclic amines) is 1. The lowest BCUT2D eigenvalue weighted by Gasteiger charge is -2.33. The summed E-state index contributed by atoms with van der Waals surface area (Å²) in [6.07, 6.45) is 3.95. The predicted octanol–water partition coefficient (Wildman–Crippen LogP) is 1.44. The average Bonchev–Trinajstić information content (AvgIpc) is 2.15. The van der Waals surface area contributed by atoms with Crippen LogP contribution in [0.3, 0.4) is 0 Å². The van der Waals surface area contributed by atoms with E-state index in [2.05, 4.69) is 23.7 Å². The number of isocyanates is 1. The molecule has 1 aliphatic rings.